The van der Waals surface area contributed by atoms with E-state index in [1.54, 1.807) is 10.9 Å². The van der Waals surface area contributed by atoms with Gasteiger partial charge in [-0.1, -0.05) is 19.9 Å². The number of carbonyl (C=O) groups is 1. The second kappa shape index (κ2) is 8.62. The summed E-state index contributed by atoms with van der Waals surface area (Å²) in [5.41, 5.74) is 1.59. The number of nitrogens with zero attached hydrogens (tertiary/aromatic N) is 3. The highest BCUT2D eigenvalue weighted by Crippen LogP contribution is 2.20. The summed E-state index contributed by atoms with van der Waals surface area (Å²) >= 11 is 0. The number of hydrogen-bond donors (Lipinski definition) is 3. The number of aromatic nitrogens is 3. The van der Waals surface area contributed by atoms with Crippen LogP contribution < -0.4 is 10.6 Å². The summed E-state index contributed by atoms with van der Waals surface area (Å²) in [7, 11) is 0. The van der Waals surface area contributed by atoms with Crippen LogP contribution in [0.2, 0.25) is 0 Å². The number of urea groups is 1. The summed E-state index contributed by atoms with van der Waals surface area (Å²) in [5.74, 6) is 0.636. The Hall–Kier alpha value is -2.41. The minimum atomic E-state index is -0.260. The molecular formula is C18H27N5O2. The Morgan fingerprint density at radius 2 is 2.16 bits per heavy atom. The summed E-state index contributed by atoms with van der Waals surface area (Å²) in [6, 6.07) is 7.28. The van der Waals surface area contributed by atoms with Gasteiger partial charge in [0.1, 0.15) is 5.82 Å². The molecule has 0 saturated carbocycles. The zero-order chi connectivity index (χ0) is 18.3. The van der Waals surface area contributed by atoms with Crippen molar-refractivity contribution < 1.29 is 9.90 Å². The van der Waals surface area contributed by atoms with E-state index in [-0.39, 0.29) is 18.1 Å². The third kappa shape index (κ3) is 6.19. The molecule has 0 radical (unpaired) electrons. The van der Waals surface area contributed by atoms with E-state index in [0.717, 1.165) is 24.2 Å². The van der Waals surface area contributed by atoms with Gasteiger partial charge >= 0.3 is 6.03 Å². The molecule has 3 N–H and O–H groups in total. The molecule has 2 rings (SSSR count). The van der Waals surface area contributed by atoms with Crippen LogP contribution in [0.1, 0.15) is 38.1 Å². The Bertz CT molecular complexity index is 682. The maximum absolute atomic E-state index is 12.1. The van der Waals surface area contributed by atoms with Gasteiger partial charge in [-0.15, -0.1) is 0 Å². The maximum Gasteiger partial charge on any atom is 0.320 e. The van der Waals surface area contributed by atoms with Crippen molar-refractivity contribution in [2.24, 2.45) is 5.41 Å². The summed E-state index contributed by atoms with van der Waals surface area (Å²) in [5, 5.41) is 19.3. The molecular weight excluding hydrogens is 318 g/mol. The molecule has 7 nitrogen and oxygen atoms in total. The largest absolute Gasteiger partial charge is 0.396 e. The molecule has 0 aliphatic rings. The normalized spacial score (nSPS) is 11.4. The van der Waals surface area contributed by atoms with Gasteiger partial charge in [-0.25, -0.2) is 9.48 Å². The highest BCUT2D eigenvalue weighted by Gasteiger charge is 2.16. The van der Waals surface area contributed by atoms with Crippen molar-refractivity contribution in [2.75, 3.05) is 18.5 Å². The first-order valence-corrected chi connectivity index (χ1v) is 8.50. The van der Waals surface area contributed by atoms with E-state index in [4.69, 9.17) is 0 Å². The van der Waals surface area contributed by atoms with Gasteiger partial charge in [0.15, 0.2) is 0 Å². The van der Waals surface area contributed by atoms with Gasteiger partial charge in [0.25, 0.3) is 0 Å². The lowest BCUT2D eigenvalue weighted by atomic mass is 9.89. The third-order valence-corrected chi connectivity index (χ3v) is 3.93. The zero-order valence-corrected chi connectivity index (χ0v) is 15.1. The molecule has 136 valence electrons. The number of carbonyl (C=O) groups excluding carboxylic acids is 1. The molecule has 25 heavy (non-hydrogen) atoms. The van der Waals surface area contributed by atoms with Crippen LogP contribution in [0.3, 0.4) is 0 Å². The smallest absolute Gasteiger partial charge is 0.320 e. The Morgan fingerprint density at radius 3 is 2.84 bits per heavy atom. The molecule has 2 heterocycles. The lowest BCUT2D eigenvalue weighted by Crippen LogP contribution is -2.31. The molecule has 0 bridgehead atoms. The number of amides is 2. The van der Waals surface area contributed by atoms with Crippen LogP contribution in [0.4, 0.5) is 10.6 Å². The monoisotopic (exact) mass is 345 g/mol. The SMILES string of the molecule is Cc1cc(NC(=O)NCCCC(C)(C)CO)n(Cc2ccccn2)n1. The first kappa shape index (κ1) is 18.9. The van der Waals surface area contributed by atoms with Gasteiger partial charge in [0.05, 0.1) is 17.9 Å². The summed E-state index contributed by atoms with van der Waals surface area (Å²) in [6.45, 7) is 7.09. The number of pyridine rings is 1. The summed E-state index contributed by atoms with van der Waals surface area (Å²) in [4.78, 5) is 16.4. The molecule has 0 atom stereocenters. The van der Waals surface area contributed by atoms with E-state index in [0.29, 0.717) is 18.9 Å². The van der Waals surface area contributed by atoms with Crippen LogP contribution in [-0.4, -0.2) is 39.1 Å². The number of hydrogen-bond acceptors (Lipinski definition) is 4. The fourth-order valence-corrected chi connectivity index (χ4v) is 2.42. The predicted octanol–water partition coefficient (Wildman–Crippen LogP) is 2.56. The zero-order valence-electron chi connectivity index (χ0n) is 15.1. The van der Waals surface area contributed by atoms with Crippen LogP contribution in [0.15, 0.2) is 30.5 Å². The lowest BCUT2D eigenvalue weighted by Gasteiger charge is -2.21. The number of aryl methyl sites for hydroxylation is 1. The minimum absolute atomic E-state index is 0.115. The van der Waals surface area contributed by atoms with E-state index in [9.17, 15) is 9.90 Å². The Labute approximate surface area is 148 Å². The fourth-order valence-electron chi connectivity index (χ4n) is 2.42. The quantitative estimate of drug-likeness (QED) is 0.641. The number of nitrogens with one attached hydrogen (secondary N) is 2. The van der Waals surface area contributed by atoms with Gasteiger partial charge in [0.2, 0.25) is 0 Å². The molecule has 0 aliphatic heterocycles. The van der Waals surface area contributed by atoms with E-state index in [1.165, 1.54) is 0 Å². The van der Waals surface area contributed by atoms with E-state index in [1.807, 2.05) is 45.0 Å². The Morgan fingerprint density at radius 1 is 1.36 bits per heavy atom. The molecule has 2 aromatic rings. The number of aliphatic hydroxyl groups is 1. The van der Waals surface area contributed by atoms with Crippen molar-refractivity contribution in [1.29, 1.82) is 0 Å². The molecule has 7 heteroatoms. The van der Waals surface area contributed by atoms with Crippen molar-refractivity contribution in [3.05, 3.63) is 41.9 Å². The second-order valence-corrected chi connectivity index (χ2v) is 6.96. The van der Waals surface area contributed by atoms with Crippen molar-refractivity contribution in [1.82, 2.24) is 20.1 Å². The average Bonchev–Trinajstić information content (AvgIpc) is 2.91. The highest BCUT2D eigenvalue weighted by atomic mass is 16.3. The highest BCUT2D eigenvalue weighted by molar-refractivity contribution is 5.88. The van der Waals surface area contributed by atoms with Crippen molar-refractivity contribution in [3.8, 4) is 0 Å². The maximum atomic E-state index is 12.1. The first-order valence-electron chi connectivity index (χ1n) is 8.50. The topological polar surface area (TPSA) is 92.1 Å². The molecule has 0 spiro atoms. The molecule has 0 unspecified atom stereocenters. The second-order valence-electron chi connectivity index (χ2n) is 6.96. The number of rotatable bonds is 8. The van der Waals surface area contributed by atoms with Gasteiger partial charge < -0.3 is 10.4 Å². The fraction of sp³-hybridized carbons (Fsp3) is 0.500. The van der Waals surface area contributed by atoms with E-state index >= 15 is 0 Å². The van der Waals surface area contributed by atoms with Crippen LogP contribution in [0.5, 0.6) is 0 Å². The van der Waals surface area contributed by atoms with E-state index in [2.05, 4.69) is 20.7 Å². The van der Waals surface area contributed by atoms with E-state index < -0.39 is 0 Å². The Balaban J connectivity index is 1.86. The number of aliphatic hydroxyl groups excluding tert-OH is 1. The lowest BCUT2D eigenvalue weighted by molar-refractivity contribution is 0.148. The van der Waals surface area contributed by atoms with Crippen LogP contribution in [0, 0.1) is 12.3 Å². The van der Waals surface area contributed by atoms with Gasteiger partial charge in [-0.05, 0) is 37.3 Å². The van der Waals surface area contributed by atoms with Crippen molar-refractivity contribution >= 4 is 11.8 Å². The van der Waals surface area contributed by atoms with Gasteiger partial charge in [-0.3, -0.25) is 10.3 Å². The average molecular weight is 345 g/mol. The molecule has 2 amide bonds. The standard InChI is InChI=1S/C18H27N5O2/c1-14-11-16(23(22-14)12-15-7-4-5-9-19-15)21-17(25)20-10-6-8-18(2,3)13-24/h4-5,7,9,11,24H,6,8,10,12-13H2,1-3H3,(H2,20,21,25). The van der Waals surface area contributed by atoms with Crippen molar-refractivity contribution in [2.45, 2.75) is 40.2 Å². The van der Waals surface area contributed by atoms with Gasteiger partial charge in [-0.2, -0.15) is 5.10 Å². The molecule has 2 aromatic heterocycles. The molecule has 0 aliphatic carbocycles. The van der Waals surface area contributed by atoms with Crippen molar-refractivity contribution in [3.63, 3.8) is 0 Å². The molecule has 0 saturated heterocycles. The minimum Gasteiger partial charge on any atom is -0.396 e. The number of anilines is 1. The molecule has 0 fully saturated rings. The van der Waals surface area contributed by atoms with Gasteiger partial charge in [0, 0.05) is 25.4 Å². The first-order chi connectivity index (χ1) is 11.9. The molecule has 0 aromatic carbocycles. The van der Waals surface area contributed by atoms with Crippen LogP contribution in [0.25, 0.3) is 0 Å². The summed E-state index contributed by atoms with van der Waals surface area (Å²) < 4.78 is 1.73. The predicted molar refractivity (Wildman–Crippen MR) is 97.4 cm³/mol. The Kier molecular flexibility index (Phi) is 6.52. The van der Waals surface area contributed by atoms with Crippen LogP contribution in [-0.2, 0) is 6.54 Å². The summed E-state index contributed by atoms with van der Waals surface area (Å²) in [6.07, 6.45) is 3.40. The van der Waals surface area contributed by atoms with Crippen LogP contribution >= 0.6 is 0 Å². The third-order valence-electron chi connectivity index (χ3n) is 3.93.